The number of nitrogens with zero attached hydrogens (tertiary/aromatic N) is 6. The molecule has 7 heteroatoms. The van der Waals surface area contributed by atoms with Crippen LogP contribution in [-0.4, -0.2) is 79.6 Å². The first-order valence-corrected chi connectivity index (χ1v) is 5.23. The van der Waals surface area contributed by atoms with Crippen LogP contribution in [0.1, 0.15) is 0 Å². The van der Waals surface area contributed by atoms with Gasteiger partial charge in [0.25, 0.3) is 0 Å². The van der Waals surface area contributed by atoms with Gasteiger partial charge in [-0.05, 0) is 0 Å². The number of rotatable bonds is 3. The molecule has 108 valence electrons. The van der Waals surface area contributed by atoms with E-state index < -0.39 is 0 Å². The molecule has 0 radical (unpaired) electrons. The van der Waals surface area contributed by atoms with Crippen LogP contribution in [0.5, 0.6) is 0 Å². The van der Waals surface area contributed by atoms with Crippen LogP contribution < -0.4 is 0 Å². The molecule has 0 aliphatic rings. The molecule has 0 N–H and O–H groups in total. The Morgan fingerprint density at radius 1 is 0.368 bits per heavy atom. The number of aliphatic imine (C=N–C) groups is 6. The van der Waals surface area contributed by atoms with Crippen molar-refractivity contribution in [2.24, 2.45) is 30.0 Å². The van der Waals surface area contributed by atoms with Crippen molar-refractivity contribution >= 4 is 37.3 Å². The van der Waals surface area contributed by atoms with Gasteiger partial charge in [-0.15, -0.1) is 0 Å². The molecular weight excluding hydrogens is 284 g/mol. The zero-order valence-electron chi connectivity index (χ0n) is 12.5. The smallest absolute Gasteiger partial charge is 0.295 e. The van der Waals surface area contributed by atoms with Gasteiger partial charge in [0.1, 0.15) is 0 Å². The van der Waals surface area contributed by atoms with Gasteiger partial charge in [-0.1, -0.05) is 0 Å². The summed E-state index contributed by atoms with van der Waals surface area (Å²) >= 11 is 0. The van der Waals surface area contributed by atoms with E-state index >= 15 is 0 Å². The summed E-state index contributed by atoms with van der Waals surface area (Å²) in [5.41, 5.74) is 0. The van der Waals surface area contributed by atoms with E-state index in [0.29, 0.717) is 0 Å². The minimum absolute atomic E-state index is 0. The Hall–Kier alpha value is -1.46. The first-order valence-electron chi connectivity index (χ1n) is 5.23. The summed E-state index contributed by atoms with van der Waals surface area (Å²) in [5, 5.41) is 0. The van der Waals surface area contributed by atoms with Gasteiger partial charge in [-0.25, -0.2) is 0 Å². The van der Waals surface area contributed by atoms with Gasteiger partial charge in [0.05, 0.1) is 0 Å². The van der Waals surface area contributed by atoms with Crippen LogP contribution >= 0.6 is 0 Å². The predicted molar refractivity (Wildman–Crippen MR) is 86.5 cm³/mol. The second-order valence-electron chi connectivity index (χ2n) is 2.44. The molecule has 0 saturated heterocycles. The fourth-order valence-corrected chi connectivity index (χ4v) is 0.400. The van der Waals surface area contributed by atoms with Gasteiger partial charge in [0.15, 0.2) is 0 Å². The van der Waals surface area contributed by atoms with E-state index in [1.165, 1.54) is 0 Å². The zero-order chi connectivity index (χ0) is 14.5. The molecule has 0 aromatic heterocycles. The quantitative estimate of drug-likeness (QED) is 0.554. The van der Waals surface area contributed by atoms with Crippen molar-refractivity contribution in [2.45, 2.75) is 0 Å². The van der Waals surface area contributed by atoms with E-state index in [2.05, 4.69) is 30.0 Å². The molecule has 0 aliphatic carbocycles. The standard InChI is InChI=1S/3C4H8N2.Fe/c3*1-5-3-4-6-2;/h3*3-4H,1-2H3;/q;;;+2. The number of hydrogen-bond donors (Lipinski definition) is 0. The fraction of sp³-hybridized carbons (Fsp3) is 0.500. The molecular formula is C12H24FeN6+2. The predicted octanol–water partition coefficient (Wildman–Crippen LogP) is 1.16. The minimum Gasteiger partial charge on any atom is -0.295 e. The van der Waals surface area contributed by atoms with Gasteiger partial charge < -0.3 is 0 Å². The second-order valence-corrected chi connectivity index (χ2v) is 2.44. The van der Waals surface area contributed by atoms with Crippen molar-refractivity contribution in [1.82, 2.24) is 0 Å². The Bertz CT molecular complexity index is 215. The fourth-order valence-electron chi connectivity index (χ4n) is 0.400. The van der Waals surface area contributed by atoms with Crippen molar-refractivity contribution in [2.75, 3.05) is 42.3 Å². The normalized spacial score (nSPS) is 11.1. The van der Waals surface area contributed by atoms with Gasteiger partial charge in [-0.2, -0.15) is 0 Å². The van der Waals surface area contributed by atoms with E-state index in [-0.39, 0.29) is 17.1 Å². The van der Waals surface area contributed by atoms with Crippen LogP contribution in [-0.2, 0) is 17.1 Å². The maximum absolute atomic E-state index is 3.65. The minimum atomic E-state index is 0. The van der Waals surface area contributed by atoms with E-state index in [0.717, 1.165) is 0 Å². The first kappa shape index (κ1) is 26.2. The van der Waals surface area contributed by atoms with Crippen LogP contribution in [0.3, 0.4) is 0 Å². The third kappa shape index (κ3) is 61.5. The molecule has 0 heterocycles. The second kappa shape index (κ2) is 36.0. The summed E-state index contributed by atoms with van der Waals surface area (Å²) in [6, 6.07) is 0. The maximum atomic E-state index is 3.65. The Kier molecular flexibility index (Phi) is 49.5. The largest absolute Gasteiger partial charge is 2.00 e. The van der Waals surface area contributed by atoms with Crippen LogP contribution in [0, 0.1) is 0 Å². The van der Waals surface area contributed by atoms with Crippen molar-refractivity contribution in [3.05, 3.63) is 0 Å². The molecule has 0 bridgehead atoms. The summed E-state index contributed by atoms with van der Waals surface area (Å²) in [6.45, 7) is 0. The molecule has 19 heavy (non-hydrogen) atoms. The third-order valence-electron chi connectivity index (χ3n) is 1.09. The molecule has 0 spiro atoms. The van der Waals surface area contributed by atoms with E-state index in [1.807, 2.05) is 0 Å². The Morgan fingerprint density at radius 2 is 0.474 bits per heavy atom. The van der Waals surface area contributed by atoms with Crippen LogP contribution in [0.2, 0.25) is 0 Å². The molecule has 0 fully saturated rings. The average molecular weight is 308 g/mol. The van der Waals surface area contributed by atoms with Crippen LogP contribution in [0.15, 0.2) is 30.0 Å². The van der Waals surface area contributed by atoms with Crippen molar-refractivity contribution < 1.29 is 17.1 Å². The summed E-state index contributed by atoms with van der Waals surface area (Å²) in [7, 11) is 10.3. The monoisotopic (exact) mass is 308 g/mol. The molecule has 0 aliphatic heterocycles. The summed E-state index contributed by atoms with van der Waals surface area (Å²) < 4.78 is 0. The average Bonchev–Trinajstić information content (AvgIpc) is 2.42. The molecule has 0 rings (SSSR count). The molecule has 0 amide bonds. The molecule has 0 atom stereocenters. The molecule has 6 nitrogen and oxygen atoms in total. The summed E-state index contributed by atoms with van der Waals surface area (Å²) in [6.07, 6.45) is 9.83. The van der Waals surface area contributed by atoms with E-state index in [4.69, 9.17) is 0 Å². The molecule has 0 aromatic carbocycles. The van der Waals surface area contributed by atoms with Gasteiger partial charge in [-0.3, -0.25) is 30.0 Å². The Morgan fingerprint density at radius 3 is 0.526 bits per heavy atom. The first-order chi connectivity index (χ1) is 8.74. The van der Waals surface area contributed by atoms with Crippen molar-refractivity contribution in [3.8, 4) is 0 Å². The Labute approximate surface area is 127 Å². The molecule has 0 unspecified atom stereocenters. The SMILES string of the molecule is CN=CC=NC.CN=CC=NC.CN=CC=NC.[Fe+2]. The topological polar surface area (TPSA) is 74.2 Å². The van der Waals surface area contributed by atoms with Crippen molar-refractivity contribution in [3.63, 3.8) is 0 Å². The molecule has 0 saturated carbocycles. The summed E-state index contributed by atoms with van der Waals surface area (Å²) in [4.78, 5) is 21.9. The maximum Gasteiger partial charge on any atom is 2.00 e. The van der Waals surface area contributed by atoms with Crippen LogP contribution in [0.4, 0.5) is 0 Å². The zero-order valence-corrected chi connectivity index (χ0v) is 13.6. The van der Waals surface area contributed by atoms with Gasteiger partial charge >= 0.3 is 17.1 Å². The van der Waals surface area contributed by atoms with E-state index in [9.17, 15) is 0 Å². The summed E-state index contributed by atoms with van der Waals surface area (Å²) in [5.74, 6) is 0. The van der Waals surface area contributed by atoms with Crippen molar-refractivity contribution in [1.29, 1.82) is 0 Å². The van der Waals surface area contributed by atoms with Gasteiger partial charge in [0, 0.05) is 79.6 Å². The number of hydrogen-bond acceptors (Lipinski definition) is 6. The van der Waals surface area contributed by atoms with Gasteiger partial charge in [0.2, 0.25) is 0 Å². The molecule has 0 aromatic rings. The van der Waals surface area contributed by atoms with E-state index in [1.54, 1.807) is 79.6 Å². The van der Waals surface area contributed by atoms with Crippen LogP contribution in [0.25, 0.3) is 0 Å². The third-order valence-corrected chi connectivity index (χ3v) is 1.09. The Balaban J connectivity index is -0.0000000865.